The minimum absolute atomic E-state index is 0.135. The summed E-state index contributed by atoms with van der Waals surface area (Å²) in [5, 5.41) is 6.06. The van der Waals surface area contributed by atoms with Crippen molar-refractivity contribution in [3.05, 3.63) is 92.4 Å². The fourth-order valence-corrected chi connectivity index (χ4v) is 5.24. The standard InChI is InChI=1S/C28H22N4O2/c1-5-9-21-19(7-3)29-25-15-11-12-16-24-18(14-13-17(23(15)24)27(33)31(21)25)28(34)32-22(10-6-2)20(8-4)30-26(16)32/h5-14,29-30H,1,4H2,2-3H3/b10-6-,19-7+,21-9+. The van der Waals surface area contributed by atoms with Gasteiger partial charge in [-0.15, -0.1) is 0 Å². The summed E-state index contributed by atoms with van der Waals surface area (Å²) in [6.07, 6.45) is 10.9. The van der Waals surface area contributed by atoms with Crippen molar-refractivity contribution in [3.8, 4) is 0 Å². The first-order valence-electron chi connectivity index (χ1n) is 11.1. The van der Waals surface area contributed by atoms with Crippen LogP contribution in [-0.4, -0.2) is 18.8 Å². The fraction of sp³-hybridized carbons (Fsp3) is 0.0714. The largest absolute Gasteiger partial charge is 0.339 e. The van der Waals surface area contributed by atoms with Crippen molar-refractivity contribution in [1.82, 2.24) is 18.8 Å². The lowest BCUT2D eigenvalue weighted by Gasteiger charge is -2.12. The minimum atomic E-state index is -0.137. The first-order valence-corrected chi connectivity index (χ1v) is 11.1. The Balaban J connectivity index is 1.97. The topological polar surface area (TPSA) is 74.5 Å². The zero-order chi connectivity index (χ0) is 23.7. The van der Waals surface area contributed by atoms with Gasteiger partial charge in [0.15, 0.2) is 0 Å². The zero-order valence-corrected chi connectivity index (χ0v) is 18.9. The molecule has 34 heavy (non-hydrogen) atoms. The molecule has 0 fully saturated rings. The molecule has 6 aromatic rings. The Morgan fingerprint density at radius 2 is 1.41 bits per heavy atom. The summed E-state index contributed by atoms with van der Waals surface area (Å²) in [6, 6.07) is 7.56. The van der Waals surface area contributed by atoms with Crippen LogP contribution in [0, 0.1) is 0 Å². The second-order valence-corrected chi connectivity index (χ2v) is 8.29. The maximum absolute atomic E-state index is 13.7. The van der Waals surface area contributed by atoms with Crippen LogP contribution in [0.15, 0.2) is 59.2 Å². The number of aromatic nitrogens is 4. The zero-order valence-electron chi connectivity index (χ0n) is 18.9. The Labute approximate surface area is 193 Å². The lowest BCUT2D eigenvalue weighted by molar-refractivity contribution is 1.09. The summed E-state index contributed by atoms with van der Waals surface area (Å²) in [4.78, 5) is 34.2. The molecular weight excluding hydrogens is 424 g/mol. The summed E-state index contributed by atoms with van der Waals surface area (Å²) in [7, 11) is 0. The molecular formula is C28H22N4O2. The Hall–Kier alpha value is -4.58. The van der Waals surface area contributed by atoms with Gasteiger partial charge < -0.3 is 9.97 Å². The molecule has 0 saturated heterocycles. The van der Waals surface area contributed by atoms with Crippen molar-refractivity contribution in [2.45, 2.75) is 13.8 Å². The molecule has 6 heteroatoms. The normalized spacial score (nSPS) is 13.7. The van der Waals surface area contributed by atoms with Gasteiger partial charge in [-0.3, -0.25) is 18.4 Å². The van der Waals surface area contributed by atoms with Crippen LogP contribution in [0.1, 0.15) is 25.2 Å². The van der Waals surface area contributed by atoms with E-state index in [9.17, 15) is 9.59 Å². The third kappa shape index (κ3) is 2.29. The van der Waals surface area contributed by atoms with E-state index in [1.807, 2.05) is 50.3 Å². The van der Waals surface area contributed by atoms with Gasteiger partial charge in [-0.25, -0.2) is 0 Å². The van der Waals surface area contributed by atoms with Gasteiger partial charge >= 0.3 is 0 Å². The molecule has 0 spiro atoms. The molecule has 6 nitrogen and oxygen atoms in total. The molecule has 166 valence electrons. The number of aromatic amines is 2. The van der Waals surface area contributed by atoms with Gasteiger partial charge in [-0.2, -0.15) is 0 Å². The van der Waals surface area contributed by atoms with Crippen molar-refractivity contribution in [3.63, 3.8) is 0 Å². The van der Waals surface area contributed by atoms with E-state index in [1.165, 1.54) is 0 Å². The second-order valence-electron chi connectivity index (χ2n) is 8.29. The Morgan fingerprint density at radius 1 is 0.824 bits per heavy atom. The van der Waals surface area contributed by atoms with Crippen molar-refractivity contribution < 1.29 is 0 Å². The van der Waals surface area contributed by atoms with Gasteiger partial charge in [0.25, 0.3) is 11.1 Å². The van der Waals surface area contributed by atoms with Gasteiger partial charge in [0, 0.05) is 32.3 Å². The fourth-order valence-electron chi connectivity index (χ4n) is 5.24. The number of nitrogens with zero attached hydrogens (tertiary/aromatic N) is 2. The van der Waals surface area contributed by atoms with Crippen LogP contribution in [0.4, 0.5) is 0 Å². The van der Waals surface area contributed by atoms with Crippen LogP contribution in [0.25, 0.3) is 67.9 Å². The Morgan fingerprint density at radius 3 is 1.97 bits per heavy atom. The molecule has 6 rings (SSSR count). The van der Waals surface area contributed by atoms with Crippen LogP contribution >= 0.6 is 0 Å². The molecule has 0 radical (unpaired) electrons. The molecule has 4 heterocycles. The summed E-state index contributed by atoms with van der Waals surface area (Å²) in [5.74, 6) is 0. The third-order valence-electron chi connectivity index (χ3n) is 6.62. The maximum atomic E-state index is 13.7. The molecule has 0 aliphatic rings. The predicted octanol–water partition coefficient (Wildman–Crippen LogP) is 3.91. The van der Waals surface area contributed by atoms with Crippen molar-refractivity contribution in [2.75, 3.05) is 0 Å². The summed E-state index contributed by atoms with van der Waals surface area (Å²) >= 11 is 0. The van der Waals surface area contributed by atoms with Crippen molar-refractivity contribution in [2.24, 2.45) is 0 Å². The van der Waals surface area contributed by atoms with Gasteiger partial charge in [-0.1, -0.05) is 31.4 Å². The highest BCUT2D eigenvalue weighted by Crippen LogP contribution is 2.35. The summed E-state index contributed by atoms with van der Waals surface area (Å²) < 4.78 is 3.38. The van der Waals surface area contributed by atoms with E-state index in [-0.39, 0.29) is 11.1 Å². The molecule has 0 amide bonds. The molecule has 0 atom stereocenters. The first-order chi connectivity index (χ1) is 16.5. The number of benzene rings is 2. The number of H-pyrrole nitrogens is 2. The van der Waals surface area contributed by atoms with Gasteiger partial charge in [0.1, 0.15) is 11.3 Å². The maximum Gasteiger partial charge on any atom is 0.264 e. The van der Waals surface area contributed by atoms with E-state index < -0.39 is 0 Å². The second kappa shape index (κ2) is 6.96. The number of nitrogens with one attached hydrogen (secondary N) is 2. The number of pyridine rings is 2. The molecule has 4 aromatic heterocycles. The number of fused-ring (bicyclic) bond motifs is 4. The highest BCUT2D eigenvalue weighted by Gasteiger charge is 2.21. The number of imidazole rings is 2. The average Bonchev–Trinajstić information content (AvgIpc) is 3.40. The van der Waals surface area contributed by atoms with Crippen molar-refractivity contribution >= 4 is 67.9 Å². The van der Waals surface area contributed by atoms with Crippen molar-refractivity contribution in [1.29, 1.82) is 0 Å². The van der Waals surface area contributed by atoms with Crippen LogP contribution in [-0.2, 0) is 0 Å². The van der Waals surface area contributed by atoms with Gasteiger partial charge in [0.2, 0.25) is 0 Å². The summed E-state index contributed by atoms with van der Waals surface area (Å²) in [5.41, 5.74) is 2.63. The highest BCUT2D eigenvalue weighted by atomic mass is 16.1. The molecule has 2 aromatic carbocycles. The highest BCUT2D eigenvalue weighted by molar-refractivity contribution is 6.27. The predicted molar refractivity (Wildman–Crippen MR) is 142 cm³/mol. The molecule has 0 aliphatic heterocycles. The van der Waals surface area contributed by atoms with E-state index in [0.29, 0.717) is 22.1 Å². The van der Waals surface area contributed by atoms with E-state index in [4.69, 9.17) is 0 Å². The Kier molecular flexibility index (Phi) is 4.10. The SMILES string of the molecule is C=C/C=c1\c(=C/C)[nH]c2c3ccc4c5c(ccc(c(=O)n12)c35)c(=O)n1c(/C=C\C)c(C=C)[nH]c41. The molecule has 0 saturated carbocycles. The van der Waals surface area contributed by atoms with Crippen LogP contribution in [0.3, 0.4) is 0 Å². The average molecular weight is 447 g/mol. The number of hydrogen-bond acceptors (Lipinski definition) is 2. The number of rotatable bonds is 3. The smallest absolute Gasteiger partial charge is 0.264 e. The van der Waals surface area contributed by atoms with Gasteiger partial charge in [-0.05, 0) is 56.3 Å². The first kappa shape index (κ1) is 20.1. The van der Waals surface area contributed by atoms with Crippen LogP contribution in [0.5, 0.6) is 0 Å². The third-order valence-corrected chi connectivity index (χ3v) is 6.62. The molecule has 0 bridgehead atoms. The number of allylic oxidation sites excluding steroid dienone is 2. The lowest BCUT2D eigenvalue weighted by atomic mass is 9.96. The van der Waals surface area contributed by atoms with Crippen LogP contribution < -0.4 is 21.8 Å². The quantitative estimate of drug-likeness (QED) is 0.405. The lowest BCUT2D eigenvalue weighted by Crippen LogP contribution is -2.32. The summed E-state index contributed by atoms with van der Waals surface area (Å²) in [6.45, 7) is 11.5. The molecule has 2 N–H and O–H groups in total. The molecule has 0 aliphatic carbocycles. The Bertz CT molecular complexity index is 2110. The minimum Gasteiger partial charge on any atom is -0.339 e. The molecule has 0 unspecified atom stereocenters. The van der Waals surface area contributed by atoms with E-state index in [2.05, 4.69) is 23.1 Å². The van der Waals surface area contributed by atoms with Gasteiger partial charge in [0.05, 0.1) is 22.1 Å². The van der Waals surface area contributed by atoms with E-state index in [1.54, 1.807) is 33.1 Å². The monoisotopic (exact) mass is 446 g/mol. The van der Waals surface area contributed by atoms with Crippen LogP contribution in [0.2, 0.25) is 0 Å². The van der Waals surface area contributed by atoms with E-state index >= 15 is 0 Å². The number of hydrogen-bond donors (Lipinski definition) is 2. The van der Waals surface area contributed by atoms with E-state index in [0.717, 1.165) is 43.6 Å².